The van der Waals surface area contributed by atoms with Crippen LogP contribution in [0.15, 0.2) is 18.2 Å². The molecule has 0 saturated carbocycles. The molecule has 2 amide bonds. The van der Waals surface area contributed by atoms with Crippen molar-refractivity contribution >= 4 is 29.8 Å². The zero-order valence-corrected chi connectivity index (χ0v) is 9.25. The van der Waals surface area contributed by atoms with Crippen molar-refractivity contribution in [3.63, 3.8) is 0 Å². The van der Waals surface area contributed by atoms with Gasteiger partial charge in [0.1, 0.15) is 0 Å². The second kappa shape index (κ2) is 4.40. The maximum atomic E-state index is 11.6. The Kier molecular flexibility index (Phi) is 2.93. The van der Waals surface area contributed by atoms with Gasteiger partial charge in [0.2, 0.25) is 11.8 Å². The standard InChI is InChI=1S/C12H9NO5/c14-6-7-2-1-3-8(11(7)12(17)18)13-9(15)4-5-10(13)16/h1-3,6H,4-5H2,(H,17,18). The molecule has 92 valence electrons. The average Bonchev–Trinajstić information content (AvgIpc) is 2.67. The van der Waals surface area contributed by atoms with Gasteiger partial charge < -0.3 is 5.11 Å². The number of aldehydes is 1. The van der Waals surface area contributed by atoms with Crippen LogP contribution in [0.25, 0.3) is 0 Å². The third-order valence-corrected chi connectivity index (χ3v) is 2.71. The van der Waals surface area contributed by atoms with E-state index >= 15 is 0 Å². The number of rotatable bonds is 3. The maximum absolute atomic E-state index is 11.6. The molecule has 1 aromatic carbocycles. The van der Waals surface area contributed by atoms with Crippen molar-refractivity contribution in [3.8, 4) is 0 Å². The third-order valence-electron chi connectivity index (χ3n) is 2.71. The summed E-state index contributed by atoms with van der Waals surface area (Å²) in [5, 5.41) is 9.10. The first kappa shape index (κ1) is 12.0. The highest BCUT2D eigenvalue weighted by Crippen LogP contribution is 2.28. The molecule has 1 aromatic rings. The Morgan fingerprint density at radius 3 is 2.33 bits per heavy atom. The van der Waals surface area contributed by atoms with Crippen LogP contribution < -0.4 is 4.90 Å². The smallest absolute Gasteiger partial charge is 0.338 e. The van der Waals surface area contributed by atoms with Crippen molar-refractivity contribution < 1.29 is 24.3 Å². The van der Waals surface area contributed by atoms with Crippen molar-refractivity contribution in [2.24, 2.45) is 0 Å². The minimum atomic E-state index is -1.35. The molecule has 1 N–H and O–H groups in total. The Morgan fingerprint density at radius 2 is 1.83 bits per heavy atom. The molecule has 6 heteroatoms. The molecule has 1 heterocycles. The van der Waals surface area contributed by atoms with Crippen molar-refractivity contribution in [3.05, 3.63) is 29.3 Å². The van der Waals surface area contributed by atoms with Gasteiger partial charge in [0.15, 0.2) is 6.29 Å². The summed E-state index contributed by atoms with van der Waals surface area (Å²) in [6.45, 7) is 0. The number of anilines is 1. The van der Waals surface area contributed by atoms with Crippen molar-refractivity contribution in [2.75, 3.05) is 4.90 Å². The number of benzene rings is 1. The fraction of sp³-hybridized carbons (Fsp3) is 0.167. The largest absolute Gasteiger partial charge is 0.478 e. The summed E-state index contributed by atoms with van der Waals surface area (Å²) in [6, 6.07) is 4.10. The molecule has 0 radical (unpaired) electrons. The summed E-state index contributed by atoms with van der Waals surface area (Å²) in [6.07, 6.45) is 0.504. The van der Waals surface area contributed by atoms with Gasteiger partial charge in [0.25, 0.3) is 0 Å². The molecule has 0 aliphatic carbocycles. The molecule has 2 rings (SSSR count). The fourth-order valence-electron chi connectivity index (χ4n) is 1.92. The van der Waals surface area contributed by atoms with Gasteiger partial charge in [0, 0.05) is 18.4 Å². The minimum absolute atomic E-state index is 0.0420. The predicted octanol–water partition coefficient (Wildman–Crippen LogP) is 0.851. The molecule has 0 aromatic heterocycles. The molecule has 1 aliphatic rings. The highest BCUT2D eigenvalue weighted by molar-refractivity contribution is 6.22. The molecular formula is C12H9NO5. The van der Waals surface area contributed by atoms with E-state index in [9.17, 15) is 19.2 Å². The summed E-state index contributed by atoms with van der Waals surface area (Å²) < 4.78 is 0. The number of carbonyl (C=O) groups is 4. The molecule has 1 fully saturated rings. The van der Waals surface area contributed by atoms with Crippen LogP contribution in [0.2, 0.25) is 0 Å². The number of amides is 2. The molecular weight excluding hydrogens is 238 g/mol. The molecule has 0 spiro atoms. The summed E-state index contributed by atoms with van der Waals surface area (Å²) in [5.74, 6) is -2.25. The van der Waals surface area contributed by atoms with Crippen LogP contribution in [0.3, 0.4) is 0 Å². The number of carboxylic acid groups (broad SMARTS) is 1. The molecule has 0 unspecified atom stereocenters. The first-order chi connectivity index (χ1) is 8.56. The van der Waals surface area contributed by atoms with E-state index in [1.165, 1.54) is 18.2 Å². The van der Waals surface area contributed by atoms with Gasteiger partial charge in [-0.2, -0.15) is 0 Å². The normalized spacial score (nSPS) is 15.0. The lowest BCUT2D eigenvalue weighted by Crippen LogP contribution is -2.30. The predicted molar refractivity (Wildman–Crippen MR) is 60.5 cm³/mol. The highest BCUT2D eigenvalue weighted by atomic mass is 16.4. The van der Waals surface area contributed by atoms with E-state index in [0.29, 0.717) is 6.29 Å². The first-order valence-corrected chi connectivity index (χ1v) is 5.23. The van der Waals surface area contributed by atoms with Gasteiger partial charge >= 0.3 is 5.97 Å². The zero-order valence-electron chi connectivity index (χ0n) is 9.25. The quantitative estimate of drug-likeness (QED) is 0.631. The number of aromatic carboxylic acids is 1. The first-order valence-electron chi connectivity index (χ1n) is 5.23. The maximum Gasteiger partial charge on any atom is 0.338 e. The van der Waals surface area contributed by atoms with Crippen LogP contribution in [0.5, 0.6) is 0 Å². The van der Waals surface area contributed by atoms with E-state index in [1.807, 2.05) is 0 Å². The summed E-state index contributed by atoms with van der Waals surface area (Å²) in [5.41, 5.74) is -0.428. The van der Waals surface area contributed by atoms with Crippen molar-refractivity contribution in [1.82, 2.24) is 0 Å². The Hall–Kier alpha value is -2.50. The van der Waals surface area contributed by atoms with Crippen LogP contribution in [-0.4, -0.2) is 29.2 Å². The average molecular weight is 247 g/mol. The van der Waals surface area contributed by atoms with E-state index in [0.717, 1.165) is 4.90 Å². The molecule has 18 heavy (non-hydrogen) atoms. The SMILES string of the molecule is O=Cc1cccc(N2C(=O)CCC2=O)c1C(=O)O. The lowest BCUT2D eigenvalue weighted by Gasteiger charge is -2.17. The molecule has 1 aliphatic heterocycles. The lowest BCUT2D eigenvalue weighted by atomic mass is 10.1. The number of carbonyl (C=O) groups excluding carboxylic acids is 3. The number of hydrogen-bond acceptors (Lipinski definition) is 4. The van der Waals surface area contributed by atoms with Crippen molar-refractivity contribution in [2.45, 2.75) is 12.8 Å². The summed E-state index contributed by atoms with van der Waals surface area (Å²) in [7, 11) is 0. The Labute approximate surface area is 102 Å². The van der Waals surface area contributed by atoms with Crippen LogP contribution in [0.1, 0.15) is 33.6 Å². The molecule has 0 bridgehead atoms. The van der Waals surface area contributed by atoms with E-state index < -0.39 is 17.8 Å². The Bertz CT molecular complexity index is 548. The Balaban J connectivity index is 2.64. The fourth-order valence-corrected chi connectivity index (χ4v) is 1.92. The van der Waals surface area contributed by atoms with Crippen LogP contribution in [0.4, 0.5) is 5.69 Å². The van der Waals surface area contributed by atoms with Crippen LogP contribution in [-0.2, 0) is 9.59 Å². The van der Waals surface area contributed by atoms with E-state index in [2.05, 4.69) is 0 Å². The van der Waals surface area contributed by atoms with Gasteiger partial charge in [-0.25, -0.2) is 9.69 Å². The number of nitrogens with zero attached hydrogens (tertiary/aromatic N) is 1. The molecule has 6 nitrogen and oxygen atoms in total. The molecule has 1 saturated heterocycles. The summed E-state index contributed by atoms with van der Waals surface area (Å²) in [4.78, 5) is 46.0. The van der Waals surface area contributed by atoms with Crippen molar-refractivity contribution in [1.29, 1.82) is 0 Å². The van der Waals surface area contributed by atoms with Crippen LogP contribution in [0, 0.1) is 0 Å². The third kappa shape index (κ3) is 1.77. The number of imide groups is 1. The second-order valence-electron chi connectivity index (χ2n) is 3.79. The van der Waals surface area contributed by atoms with Gasteiger partial charge in [-0.15, -0.1) is 0 Å². The minimum Gasteiger partial charge on any atom is -0.478 e. The van der Waals surface area contributed by atoms with Gasteiger partial charge in [-0.05, 0) is 6.07 Å². The number of hydrogen-bond donors (Lipinski definition) is 1. The molecule has 0 atom stereocenters. The number of carboxylic acids is 1. The van der Waals surface area contributed by atoms with E-state index in [4.69, 9.17) is 5.11 Å². The van der Waals surface area contributed by atoms with Gasteiger partial charge in [-0.3, -0.25) is 14.4 Å². The Morgan fingerprint density at radius 1 is 1.22 bits per heavy atom. The van der Waals surface area contributed by atoms with E-state index in [1.54, 1.807) is 0 Å². The topological polar surface area (TPSA) is 91.8 Å². The van der Waals surface area contributed by atoms with Gasteiger partial charge in [-0.1, -0.05) is 12.1 Å². The highest BCUT2D eigenvalue weighted by Gasteiger charge is 2.33. The monoisotopic (exact) mass is 247 g/mol. The second-order valence-corrected chi connectivity index (χ2v) is 3.79. The summed E-state index contributed by atoms with van der Waals surface area (Å²) >= 11 is 0. The van der Waals surface area contributed by atoms with Gasteiger partial charge in [0.05, 0.1) is 11.3 Å². The lowest BCUT2D eigenvalue weighted by molar-refractivity contribution is -0.121. The van der Waals surface area contributed by atoms with E-state index in [-0.39, 0.29) is 29.7 Å². The van der Waals surface area contributed by atoms with Crippen LogP contribution >= 0.6 is 0 Å². The zero-order chi connectivity index (χ0) is 13.3.